The van der Waals surface area contributed by atoms with Crippen molar-refractivity contribution in [2.75, 3.05) is 12.4 Å². The molecule has 0 fully saturated rings. The molecule has 1 N–H and O–H groups in total. The largest absolute Gasteiger partial charge is 0.495 e. The van der Waals surface area contributed by atoms with Gasteiger partial charge in [0.15, 0.2) is 0 Å². The van der Waals surface area contributed by atoms with Crippen LogP contribution in [0.1, 0.15) is 16.7 Å². The number of benzene rings is 2. The van der Waals surface area contributed by atoms with Crippen LogP contribution in [0.4, 0.5) is 5.69 Å². The van der Waals surface area contributed by atoms with Crippen LogP contribution in [0.5, 0.6) is 5.75 Å². The molecular formula is C18H18ClNO2. The van der Waals surface area contributed by atoms with E-state index in [-0.39, 0.29) is 5.91 Å². The van der Waals surface area contributed by atoms with Gasteiger partial charge >= 0.3 is 0 Å². The second kappa shape index (κ2) is 7.14. The first-order valence-electron chi connectivity index (χ1n) is 6.90. The van der Waals surface area contributed by atoms with E-state index in [2.05, 4.69) is 5.32 Å². The molecule has 0 aromatic heterocycles. The molecule has 0 heterocycles. The standard InChI is InChI=1S/C18H18ClNO2/c1-12-7-9-15(13(2)11-12)20-17(21)10-8-14-5-4-6-16(22-3)18(14)19/h4-11H,1-3H3,(H,20,21)/b10-8+. The normalized spacial score (nSPS) is 10.7. The Bertz CT molecular complexity index is 723. The average molecular weight is 316 g/mol. The predicted molar refractivity (Wildman–Crippen MR) is 91.6 cm³/mol. The number of methoxy groups -OCH3 is 1. The zero-order valence-corrected chi connectivity index (χ0v) is 13.6. The highest BCUT2D eigenvalue weighted by molar-refractivity contribution is 6.33. The minimum absolute atomic E-state index is 0.203. The van der Waals surface area contributed by atoms with Gasteiger partial charge in [0.05, 0.1) is 12.1 Å². The number of carbonyl (C=O) groups excluding carboxylic acids is 1. The van der Waals surface area contributed by atoms with Crippen molar-refractivity contribution in [3.8, 4) is 5.75 Å². The molecular weight excluding hydrogens is 298 g/mol. The van der Waals surface area contributed by atoms with Crippen LogP contribution in [0.25, 0.3) is 6.08 Å². The molecule has 2 aromatic rings. The molecule has 1 amide bonds. The van der Waals surface area contributed by atoms with Gasteiger partial charge in [-0.3, -0.25) is 4.79 Å². The summed E-state index contributed by atoms with van der Waals surface area (Å²) in [5.41, 5.74) is 3.73. The van der Waals surface area contributed by atoms with Crippen LogP contribution in [0, 0.1) is 13.8 Å². The van der Waals surface area contributed by atoms with E-state index in [4.69, 9.17) is 16.3 Å². The van der Waals surface area contributed by atoms with E-state index in [1.165, 1.54) is 6.08 Å². The fourth-order valence-electron chi connectivity index (χ4n) is 2.11. The van der Waals surface area contributed by atoms with Gasteiger partial charge in [-0.1, -0.05) is 41.4 Å². The highest BCUT2D eigenvalue weighted by atomic mass is 35.5. The third-order valence-electron chi connectivity index (χ3n) is 3.27. The van der Waals surface area contributed by atoms with Gasteiger partial charge in [-0.25, -0.2) is 0 Å². The number of carbonyl (C=O) groups is 1. The van der Waals surface area contributed by atoms with Gasteiger partial charge in [0, 0.05) is 11.8 Å². The number of nitrogens with one attached hydrogen (secondary N) is 1. The zero-order chi connectivity index (χ0) is 16.1. The van der Waals surface area contributed by atoms with Crippen molar-refractivity contribution in [3.05, 3.63) is 64.2 Å². The summed E-state index contributed by atoms with van der Waals surface area (Å²) in [6.45, 7) is 3.98. The highest BCUT2D eigenvalue weighted by Gasteiger charge is 2.05. The van der Waals surface area contributed by atoms with Crippen LogP contribution in [-0.2, 0) is 4.79 Å². The van der Waals surface area contributed by atoms with E-state index in [9.17, 15) is 4.79 Å². The van der Waals surface area contributed by atoms with E-state index in [1.54, 1.807) is 19.3 Å². The third-order valence-corrected chi connectivity index (χ3v) is 3.67. The topological polar surface area (TPSA) is 38.3 Å². The van der Waals surface area contributed by atoms with Gasteiger partial charge in [-0.15, -0.1) is 0 Å². The smallest absolute Gasteiger partial charge is 0.248 e. The Hall–Kier alpha value is -2.26. The monoisotopic (exact) mass is 315 g/mol. The molecule has 4 heteroatoms. The van der Waals surface area contributed by atoms with Crippen molar-refractivity contribution in [1.29, 1.82) is 0 Å². The molecule has 0 aliphatic rings. The number of aryl methyl sites for hydroxylation is 2. The van der Waals surface area contributed by atoms with Crippen LogP contribution >= 0.6 is 11.6 Å². The Kier molecular flexibility index (Phi) is 5.23. The Morgan fingerprint density at radius 3 is 2.68 bits per heavy atom. The van der Waals surface area contributed by atoms with Gasteiger partial charge in [-0.05, 0) is 43.2 Å². The molecule has 114 valence electrons. The molecule has 0 unspecified atom stereocenters. The molecule has 0 saturated heterocycles. The summed E-state index contributed by atoms with van der Waals surface area (Å²) < 4.78 is 5.15. The van der Waals surface area contributed by atoms with Crippen molar-refractivity contribution < 1.29 is 9.53 Å². The SMILES string of the molecule is COc1cccc(/C=C/C(=O)Nc2ccc(C)cc2C)c1Cl. The van der Waals surface area contributed by atoms with Gasteiger partial charge in [-0.2, -0.15) is 0 Å². The number of anilines is 1. The number of hydrogen-bond donors (Lipinski definition) is 1. The summed E-state index contributed by atoms with van der Waals surface area (Å²) in [6.07, 6.45) is 3.13. The fourth-order valence-corrected chi connectivity index (χ4v) is 2.37. The van der Waals surface area contributed by atoms with E-state index in [1.807, 2.05) is 44.2 Å². The van der Waals surface area contributed by atoms with Crippen molar-refractivity contribution in [1.82, 2.24) is 0 Å². The highest BCUT2D eigenvalue weighted by Crippen LogP contribution is 2.28. The number of hydrogen-bond acceptors (Lipinski definition) is 2. The molecule has 0 atom stereocenters. The zero-order valence-electron chi connectivity index (χ0n) is 12.8. The third kappa shape index (κ3) is 3.89. The van der Waals surface area contributed by atoms with E-state index in [0.29, 0.717) is 10.8 Å². The maximum atomic E-state index is 12.0. The second-order valence-electron chi connectivity index (χ2n) is 5.00. The molecule has 0 radical (unpaired) electrons. The summed E-state index contributed by atoms with van der Waals surface area (Å²) in [5, 5.41) is 3.34. The lowest BCUT2D eigenvalue weighted by Gasteiger charge is -2.07. The van der Waals surface area contributed by atoms with Gasteiger partial charge in [0.1, 0.15) is 5.75 Å². The molecule has 2 aromatic carbocycles. The summed E-state index contributed by atoms with van der Waals surface area (Å²) >= 11 is 6.19. The maximum Gasteiger partial charge on any atom is 0.248 e. The van der Waals surface area contributed by atoms with Crippen LogP contribution < -0.4 is 10.1 Å². The number of ether oxygens (including phenoxy) is 1. The number of rotatable bonds is 4. The molecule has 0 aliphatic carbocycles. The first-order chi connectivity index (χ1) is 10.5. The molecule has 0 aliphatic heterocycles. The van der Waals surface area contributed by atoms with E-state index < -0.39 is 0 Å². The van der Waals surface area contributed by atoms with Gasteiger partial charge in [0.2, 0.25) is 5.91 Å². The Morgan fingerprint density at radius 1 is 1.23 bits per heavy atom. The van der Waals surface area contributed by atoms with E-state index >= 15 is 0 Å². The number of amides is 1. The Morgan fingerprint density at radius 2 is 2.00 bits per heavy atom. The summed E-state index contributed by atoms with van der Waals surface area (Å²) in [4.78, 5) is 12.0. The minimum atomic E-state index is -0.203. The average Bonchev–Trinajstić information content (AvgIpc) is 2.49. The Balaban J connectivity index is 2.12. The van der Waals surface area contributed by atoms with Gasteiger partial charge in [0.25, 0.3) is 0 Å². The van der Waals surface area contributed by atoms with Crippen molar-refractivity contribution in [3.63, 3.8) is 0 Å². The van der Waals surface area contributed by atoms with Crippen molar-refractivity contribution in [2.24, 2.45) is 0 Å². The lowest BCUT2D eigenvalue weighted by atomic mass is 10.1. The second-order valence-corrected chi connectivity index (χ2v) is 5.38. The van der Waals surface area contributed by atoms with Crippen molar-refractivity contribution >= 4 is 29.3 Å². The van der Waals surface area contributed by atoms with Crippen LogP contribution in [-0.4, -0.2) is 13.0 Å². The minimum Gasteiger partial charge on any atom is -0.495 e. The summed E-state index contributed by atoms with van der Waals surface area (Å²) in [5.74, 6) is 0.379. The van der Waals surface area contributed by atoms with Crippen LogP contribution in [0.15, 0.2) is 42.5 Å². The maximum absolute atomic E-state index is 12.0. The van der Waals surface area contributed by atoms with Crippen LogP contribution in [0.2, 0.25) is 5.02 Å². The molecule has 0 bridgehead atoms. The first kappa shape index (κ1) is 16.1. The summed E-state index contributed by atoms with van der Waals surface area (Å²) in [6, 6.07) is 11.3. The van der Waals surface area contributed by atoms with Crippen LogP contribution in [0.3, 0.4) is 0 Å². The molecule has 2 rings (SSSR count). The van der Waals surface area contributed by atoms with Crippen molar-refractivity contribution in [2.45, 2.75) is 13.8 Å². The summed E-state index contributed by atoms with van der Waals surface area (Å²) in [7, 11) is 1.56. The molecule has 22 heavy (non-hydrogen) atoms. The number of halogens is 1. The quantitative estimate of drug-likeness (QED) is 0.836. The van der Waals surface area contributed by atoms with E-state index in [0.717, 1.165) is 22.4 Å². The predicted octanol–water partition coefficient (Wildman–Crippen LogP) is 4.62. The molecule has 0 spiro atoms. The first-order valence-corrected chi connectivity index (χ1v) is 7.28. The molecule has 3 nitrogen and oxygen atoms in total. The molecule has 0 saturated carbocycles. The van der Waals surface area contributed by atoms with Gasteiger partial charge < -0.3 is 10.1 Å². The lowest BCUT2D eigenvalue weighted by molar-refractivity contribution is -0.111. The Labute approximate surface area is 135 Å². The lowest BCUT2D eigenvalue weighted by Crippen LogP contribution is -2.08. The fraction of sp³-hybridized carbons (Fsp3) is 0.167.